The minimum Gasteiger partial charge on any atom is -0.321 e. The highest BCUT2D eigenvalue weighted by molar-refractivity contribution is 6.34. The SMILES string of the molecule is CC(=O)C(N)Cc1cc(Cl)cc(Cl)c1. The molecule has 0 aliphatic rings. The van der Waals surface area contributed by atoms with Crippen molar-refractivity contribution in [2.24, 2.45) is 5.73 Å². The summed E-state index contributed by atoms with van der Waals surface area (Å²) < 4.78 is 0. The van der Waals surface area contributed by atoms with Gasteiger partial charge in [0.25, 0.3) is 0 Å². The largest absolute Gasteiger partial charge is 0.321 e. The van der Waals surface area contributed by atoms with Crippen molar-refractivity contribution in [1.29, 1.82) is 0 Å². The molecule has 1 rings (SSSR count). The summed E-state index contributed by atoms with van der Waals surface area (Å²) in [7, 11) is 0. The summed E-state index contributed by atoms with van der Waals surface area (Å²) >= 11 is 11.6. The Kier molecular flexibility index (Phi) is 3.93. The van der Waals surface area contributed by atoms with Gasteiger partial charge in [0.1, 0.15) is 5.78 Å². The second kappa shape index (κ2) is 4.78. The molecule has 0 amide bonds. The molecule has 0 aliphatic heterocycles. The van der Waals surface area contributed by atoms with Gasteiger partial charge in [-0.25, -0.2) is 0 Å². The molecular formula is C10H11Cl2NO. The van der Waals surface area contributed by atoms with Gasteiger partial charge in [0.2, 0.25) is 0 Å². The van der Waals surface area contributed by atoms with E-state index in [0.29, 0.717) is 16.5 Å². The smallest absolute Gasteiger partial charge is 0.146 e. The fourth-order valence-electron chi connectivity index (χ4n) is 1.13. The lowest BCUT2D eigenvalue weighted by Crippen LogP contribution is -2.30. The molecule has 4 heteroatoms. The van der Waals surface area contributed by atoms with E-state index >= 15 is 0 Å². The number of ketones is 1. The number of carbonyl (C=O) groups excluding carboxylic acids is 1. The Balaban J connectivity index is 2.81. The van der Waals surface area contributed by atoms with Crippen LogP contribution in [0.3, 0.4) is 0 Å². The van der Waals surface area contributed by atoms with Crippen LogP contribution in [0.15, 0.2) is 18.2 Å². The molecule has 14 heavy (non-hydrogen) atoms. The number of hydrogen-bond donors (Lipinski definition) is 1. The van der Waals surface area contributed by atoms with Gasteiger partial charge in [0, 0.05) is 10.0 Å². The van der Waals surface area contributed by atoms with Crippen molar-refractivity contribution in [3.63, 3.8) is 0 Å². The maximum atomic E-state index is 10.9. The normalized spacial score (nSPS) is 12.6. The van der Waals surface area contributed by atoms with Crippen LogP contribution in [0.25, 0.3) is 0 Å². The molecule has 0 bridgehead atoms. The van der Waals surface area contributed by atoms with E-state index in [9.17, 15) is 4.79 Å². The van der Waals surface area contributed by atoms with Crippen LogP contribution in [0.5, 0.6) is 0 Å². The molecule has 2 N–H and O–H groups in total. The number of halogens is 2. The first-order valence-electron chi connectivity index (χ1n) is 4.20. The maximum absolute atomic E-state index is 10.9. The highest BCUT2D eigenvalue weighted by Crippen LogP contribution is 2.19. The molecule has 0 aliphatic carbocycles. The van der Waals surface area contributed by atoms with Gasteiger partial charge in [0.15, 0.2) is 0 Å². The fourth-order valence-corrected chi connectivity index (χ4v) is 1.70. The van der Waals surface area contributed by atoms with E-state index in [1.54, 1.807) is 18.2 Å². The average Bonchev–Trinajstić information content (AvgIpc) is 2.01. The lowest BCUT2D eigenvalue weighted by molar-refractivity contribution is -0.118. The molecule has 2 nitrogen and oxygen atoms in total. The molecule has 0 aromatic heterocycles. The quantitative estimate of drug-likeness (QED) is 0.869. The number of nitrogens with two attached hydrogens (primary N) is 1. The first-order valence-corrected chi connectivity index (χ1v) is 4.95. The molecule has 0 heterocycles. The Morgan fingerprint density at radius 3 is 2.29 bits per heavy atom. The molecule has 0 fully saturated rings. The molecule has 1 aromatic rings. The Hall–Kier alpha value is -0.570. The zero-order valence-electron chi connectivity index (χ0n) is 7.76. The van der Waals surface area contributed by atoms with Crippen molar-refractivity contribution in [2.75, 3.05) is 0 Å². The molecule has 0 spiro atoms. The van der Waals surface area contributed by atoms with Crippen LogP contribution < -0.4 is 5.73 Å². The minimum absolute atomic E-state index is 0.0407. The molecule has 1 atom stereocenters. The highest BCUT2D eigenvalue weighted by atomic mass is 35.5. The van der Waals surface area contributed by atoms with Crippen LogP contribution in [-0.4, -0.2) is 11.8 Å². The minimum atomic E-state index is -0.482. The summed E-state index contributed by atoms with van der Waals surface area (Å²) in [5.74, 6) is -0.0407. The van der Waals surface area contributed by atoms with Gasteiger partial charge in [-0.1, -0.05) is 23.2 Å². The fraction of sp³-hybridized carbons (Fsp3) is 0.300. The number of hydrogen-bond acceptors (Lipinski definition) is 2. The van der Waals surface area contributed by atoms with Crippen LogP contribution in [0.4, 0.5) is 0 Å². The summed E-state index contributed by atoms with van der Waals surface area (Å²) in [5.41, 5.74) is 6.49. The predicted octanol–water partition coefficient (Wildman–Crippen LogP) is 2.45. The third-order valence-electron chi connectivity index (χ3n) is 1.90. The number of rotatable bonds is 3. The van der Waals surface area contributed by atoms with Crippen molar-refractivity contribution in [3.05, 3.63) is 33.8 Å². The van der Waals surface area contributed by atoms with Gasteiger partial charge in [-0.2, -0.15) is 0 Å². The van der Waals surface area contributed by atoms with Crippen molar-refractivity contribution in [2.45, 2.75) is 19.4 Å². The van der Waals surface area contributed by atoms with E-state index < -0.39 is 6.04 Å². The summed E-state index contributed by atoms with van der Waals surface area (Å²) in [5, 5.41) is 1.12. The lowest BCUT2D eigenvalue weighted by atomic mass is 10.0. The van der Waals surface area contributed by atoms with Crippen molar-refractivity contribution in [1.82, 2.24) is 0 Å². The summed E-state index contributed by atoms with van der Waals surface area (Å²) in [6.07, 6.45) is 0.468. The highest BCUT2D eigenvalue weighted by Gasteiger charge is 2.09. The average molecular weight is 232 g/mol. The molecule has 0 saturated carbocycles. The molecule has 0 saturated heterocycles. The topological polar surface area (TPSA) is 43.1 Å². The van der Waals surface area contributed by atoms with Gasteiger partial charge in [-0.05, 0) is 37.1 Å². The maximum Gasteiger partial charge on any atom is 0.146 e. The molecule has 76 valence electrons. The van der Waals surface area contributed by atoms with E-state index in [0.717, 1.165) is 5.56 Å². The number of benzene rings is 1. The Morgan fingerprint density at radius 2 is 1.86 bits per heavy atom. The second-order valence-electron chi connectivity index (χ2n) is 3.20. The van der Waals surface area contributed by atoms with E-state index in [4.69, 9.17) is 28.9 Å². The Labute approximate surface area is 93.0 Å². The van der Waals surface area contributed by atoms with E-state index in [1.165, 1.54) is 6.92 Å². The first kappa shape index (κ1) is 11.5. The van der Waals surface area contributed by atoms with Gasteiger partial charge in [-0.3, -0.25) is 4.79 Å². The van der Waals surface area contributed by atoms with Crippen molar-refractivity contribution >= 4 is 29.0 Å². The van der Waals surface area contributed by atoms with Crippen LogP contribution in [-0.2, 0) is 11.2 Å². The van der Waals surface area contributed by atoms with Gasteiger partial charge in [0.05, 0.1) is 6.04 Å². The van der Waals surface area contributed by atoms with Crippen molar-refractivity contribution < 1.29 is 4.79 Å². The molecule has 1 unspecified atom stereocenters. The molecular weight excluding hydrogens is 221 g/mol. The van der Waals surface area contributed by atoms with E-state index in [-0.39, 0.29) is 5.78 Å². The molecule has 1 aromatic carbocycles. The van der Waals surface area contributed by atoms with E-state index in [2.05, 4.69) is 0 Å². The zero-order valence-corrected chi connectivity index (χ0v) is 9.27. The number of carbonyl (C=O) groups is 1. The van der Waals surface area contributed by atoms with Gasteiger partial charge in [-0.15, -0.1) is 0 Å². The van der Waals surface area contributed by atoms with Crippen LogP contribution >= 0.6 is 23.2 Å². The Morgan fingerprint density at radius 1 is 1.36 bits per heavy atom. The predicted molar refractivity (Wildman–Crippen MR) is 58.8 cm³/mol. The van der Waals surface area contributed by atoms with Crippen LogP contribution in [0, 0.1) is 0 Å². The third kappa shape index (κ3) is 3.29. The van der Waals surface area contributed by atoms with Gasteiger partial charge >= 0.3 is 0 Å². The summed E-state index contributed by atoms with van der Waals surface area (Å²) in [6.45, 7) is 1.47. The second-order valence-corrected chi connectivity index (χ2v) is 4.07. The molecule has 0 radical (unpaired) electrons. The van der Waals surface area contributed by atoms with E-state index in [1.807, 2.05) is 0 Å². The van der Waals surface area contributed by atoms with Crippen LogP contribution in [0.2, 0.25) is 10.0 Å². The summed E-state index contributed by atoms with van der Waals surface area (Å²) in [6, 6.07) is 4.68. The summed E-state index contributed by atoms with van der Waals surface area (Å²) in [4.78, 5) is 10.9. The first-order chi connectivity index (χ1) is 6.49. The zero-order chi connectivity index (χ0) is 10.7. The third-order valence-corrected chi connectivity index (χ3v) is 2.34. The Bertz CT molecular complexity index is 332. The van der Waals surface area contributed by atoms with Gasteiger partial charge < -0.3 is 5.73 Å². The monoisotopic (exact) mass is 231 g/mol. The van der Waals surface area contributed by atoms with Crippen LogP contribution in [0.1, 0.15) is 12.5 Å². The lowest BCUT2D eigenvalue weighted by Gasteiger charge is -2.08. The van der Waals surface area contributed by atoms with Crippen molar-refractivity contribution in [3.8, 4) is 0 Å². The standard InChI is InChI=1S/C10H11Cl2NO/c1-6(14)10(13)4-7-2-8(11)5-9(12)3-7/h2-3,5,10H,4,13H2,1H3. The number of Topliss-reactive ketones (excluding diaryl/α,β-unsaturated/α-hetero) is 1.